The fourth-order valence-electron chi connectivity index (χ4n) is 1.58. The molecule has 0 saturated heterocycles. The van der Waals surface area contributed by atoms with Crippen LogP contribution in [0.4, 0.5) is 14.5 Å². The van der Waals surface area contributed by atoms with Crippen LogP contribution in [0, 0.1) is 11.6 Å². The molecule has 0 heterocycles. The molecule has 0 aliphatic carbocycles. The van der Waals surface area contributed by atoms with E-state index in [4.69, 9.17) is 10.5 Å². The van der Waals surface area contributed by atoms with Gasteiger partial charge in [-0.05, 0) is 30.3 Å². The van der Waals surface area contributed by atoms with Crippen molar-refractivity contribution in [2.45, 2.75) is 0 Å². The zero-order chi connectivity index (χ0) is 14.7. The number of nitrogens with two attached hydrogens (primary N) is 1. The maximum atomic E-state index is 13.5. The summed E-state index contributed by atoms with van der Waals surface area (Å²) in [7, 11) is 1.48. The molecule has 4 nitrogen and oxygen atoms in total. The molecule has 20 heavy (non-hydrogen) atoms. The smallest absolute Gasteiger partial charge is 0.251 e. The zero-order valence-corrected chi connectivity index (χ0v) is 10.6. The number of halogens is 2. The number of benzene rings is 2. The van der Waals surface area contributed by atoms with Crippen LogP contribution in [0.3, 0.4) is 0 Å². The van der Waals surface area contributed by atoms with Crippen LogP contribution in [0.1, 0.15) is 10.4 Å². The van der Waals surface area contributed by atoms with Crippen LogP contribution >= 0.6 is 0 Å². The second-order valence-corrected chi connectivity index (χ2v) is 4.01. The molecule has 0 fully saturated rings. The van der Waals surface area contributed by atoms with Crippen molar-refractivity contribution in [1.82, 2.24) is 5.32 Å². The first kappa shape index (κ1) is 13.8. The van der Waals surface area contributed by atoms with E-state index in [0.29, 0.717) is 5.56 Å². The van der Waals surface area contributed by atoms with E-state index in [9.17, 15) is 13.6 Å². The fraction of sp³-hybridized carbons (Fsp3) is 0.0714. The quantitative estimate of drug-likeness (QED) is 0.848. The summed E-state index contributed by atoms with van der Waals surface area (Å²) in [6.45, 7) is 0. The average molecular weight is 278 g/mol. The molecule has 6 heteroatoms. The van der Waals surface area contributed by atoms with Crippen molar-refractivity contribution >= 4 is 11.6 Å². The van der Waals surface area contributed by atoms with E-state index < -0.39 is 11.6 Å². The van der Waals surface area contributed by atoms with Crippen LogP contribution < -0.4 is 15.8 Å². The number of anilines is 1. The highest BCUT2D eigenvalue weighted by Crippen LogP contribution is 2.30. The van der Waals surface area contributed by atoms with Gasteiger partial charge in [0.1, 0.15) is 5.82 Å². The van der Waals surface area contributed by atoms with Crippen molar-refractivity contribution in [1.29, 1.82) is 0 Å². The molecule has 0 aromatic heterocycles. The number of hydrogen-bond donors (Lipinski definition) is 2. The van der Waals surface area contributed by atoms with E-state index in [1.54, 1.807) is 0 Å². The van der Waals surface area contributed by atoms with E-state index in [2.05, 4.69) is 5.32 Å². The fourth-order valence-corrected chi connectivity index (χ4v) is 1.58. The number of nitrogens with one attached hydrogen (secondary N) is 1. The number of ether oxygens (including phenoxy) is 1. The van der Waals surface area contributed by atoms with E-state index in [-0.39, 0.29) is 23.1 Å². The molecule has 0 atom stereocenters. The standard InChI is InChI=1S/C14H12F2N2O2/c1-18-14(19)8-2-5-11(17)13(6-8)20-12-7-9(15)3-4-10(12)16/h2-7H,17H2,1H3,(H,18,19). The number of carbonyl (C=O) groups excluding carboxylic acids is 1. The Bertz CT molecular complexity index is 660. The second-order valence-electron chi connectivity index (χ2n) is 4.01. The molecule has 0 bridgehead atoms. The highest BCUT2D eigenvalue weighted by atomic mass is 19.1. The van der Waals surface area contributed by atoms with Crippen LogP contribution in [0.2, 0.25) is 0 Å². The Morgan fingerprint density at radius 2 is 1.90 bits per heavy atom. The van der Waals surface area contributed by atoms with Gasteiger partial charge < -0.3 is 15.8 Å². The molecule has 2 aromatic carbocycles. The average Bonchev–Trinajstić information content (AvgIpc) is 2.44. The molecule has 3 N–H and O–H groups in total. The van der Waals surface area contributed by atoms with E-state index in [1.807, 2.05) is 0 Å². The number of carbonyl (C=O) groups is 1. The Morgan fingerprint density at radius 1 is 1.15 bits per heavy atom. The van der Waals surface area contributed by atoms with Gasteiger partial charge in [0, 0.05) is 18.7 Å². The van der Waals surface area contributed by atoms with Gasteiger partial charge in [0.25, 0.3) is 5.91 Å². The van der Waals surface area contributed by atoms with Crippen LogP contribution in [0.5, 0.6) is 11.5 Å². The van der Waals surface area contributed by atoms with Crippen molar-refractivity contribution < 1.29 is 18.3 Å². The Morgan fingerprint density at radius 3 is 2.60 bits per heavy atom. The molecular weight excluding hydrogens is 266 g/mol. The first-order chi connectivity index (χ1) is 9.51. The summed E-state index contributed by atoms with van der Waals surface area (Å²) in [4.78, 5) is 11.5. The summed E-state index contributed by atoms with van der Waals surface area (Å²) in [6.07, 6.45) is 0. The van der Waals surface area contributed by atoms with Crippen LogP contribution in [0.25, 0.3) is 0 Å². The Balaban J connectivity index is 2.37. The molecule has 0 aliphatic rings. The molecule has 2 rings (SSSR count). The molecule has 0 unspecified atom stereocenters. The van der Waals surface area contributed by atoms with Crippen molar-refractivity contribution in [3.63, 3.8) is 0 Å². The van der Waals surface area contributed by atoms with Gasteiger partial charge in [-0.1, -0.05) is 0 Å². The lowest BCUT2D eigenvalue weighted by molar-refractivity contribution is 0.0963. The van der Waals surface area contributed by atoms with Gasteiger partial charge in [-0.3, -0.25) is 4.79 Å². The summed E-state index contributed by atoms with van der Waals surface area (Å²) in [5.41, 5.74) is 6.20. The summed E-state index contributed by atoms with van der Waals surface area (Å²) >= 11 is 0. The molecule has 104 valence electrons. The van der Waals surface area contributed by atoms with Gasteiger partial charge in [-0.25, -0.2) is 8.78 Å². The van der Waals surface area contributed by atoms with Crippen molar-refractivity contribution in [3.05, 3.63) is 53.6 Å². The predicted molar refractivity (Wildman–Crippen MR) is 70.7 cm³/mol. The Labute approximate surface area is 114 Å². The van der Waals surface area contributed by atoms with E-state index in [0.717, 1.165) is 18.2 Å². The molecule has 0 aliphatic heterocycles. The lowest BCUT2D eigenvalue weighted by atomic mass is 10.2. The SMILES string of the molecule is CNC(=O)c1ccc(N)c(Oc2cc(F)ccc2F)c1. The molecule has 0 radical (unpaired) electrons. The molecular formula is C14H12F2N2O2. The molecule has 0 spiro atoms. The van der Waals surface area contributed by atoms with E-state index >= 15 is 0 Å². The summed E-state index contributed by atoms with van der Waals surface area (Å²) in [5, 5.41) is 2.44. The lowest BCUT2D eigenvalue weighted by Crippen LogP contribution is -2.17. The second kappa shape index (κ2) is 5.56. The minimum Gasteiger partial charge on any atom is -0.452 e. The summed E-state index contributed by atoms with van der Waals surface area (Å²) < 4.78 is 31.8. The zero-order valence-electron chi connectivity index (χ0n) is 10.6. The van der Waals surface area contributed by atoms with Gasteiger partial charge in [-0.2, -0.15) is 0 Å². The predicted octanol–water partition coefficient (Wildman–Crippen LogP) is 2.70. The molecule has 2 aromatic rings. The summed E-state index contributed by atoms with van der Waals surface area (Å²) in [6, 6.07) is 7.15. The topological polar surface area (TPSA) is 64.4 Å². The first-order valence-electron chi connectivity index (χ1n) is 5.76. The third-order valence-corrected chi connectivity index (χ3v) is 2.62. The van der Waals surface area contributed by atoms with Crippen molar-refractivity contribution in [2.75, 3.05) is 12.8 Å². The number of hydrogen-bond acceptors (Lipinski definition) is 3. The maximum Gasteiger partial charge on any atom is 0.251 e. The Hall–Kier alpha value is -2.63. The van der Waals surface area contributed by atoms with Crippen LogP contribution in [-0.2, 0) is 0 Å². The van der Waals surface area contributed by atoms with Gasteiger partial charge in [0.15, 0.2) is 17.3 Å². The number of amides is 1. The number of rotatable bonds is 3. The molecule has 0 saturated carbocycles. The monoisotopic (exact) mass is 278 g/mol. The van der Waals surface area contributed by atoms with Crippen LogP contribution in [-0.4, -0.2) is 13.0 Å². The summed E-state index contributed by atoms with van der Waals surface area (Å²) in [5.74, 6) is -1.92. The van der Waals surface area contributed by atoms with Gasteiger partial charge in [0.05, 0.1) is 5.69 Å². The van der Waals surface area contributed by atoms with Crippen molar-refractivity contribution in [3.8, 4) is 11.5 Å². The van der Waals surface area contributed by atoms with Crippen LogP contribution in [0.15, 0.2) is 36.4 Å². The minimum atomic E-state index is -0.726. The molecule has 1 amide bonds. The van der Waals surface area contributed by atoms with Gasteiger partial charge in [-0.15, -0.1) is 0 Å². The largest absolute Gasteiger partial charge is 0.452 e. The Kier molecular flexibility index (Phi) is 3.84. The third-order valence-electron chi connectivity index (χ3n) is 2.62. The minimum absolute atomic E-state index is 0.0793. The lowest BCUT2D eigenvalue weighted by Gasteiger charge is -2.10. The first-order valence-corrected chi connectivity index (χ1v) is 5.76. The van der Waals surface area contributed by atoms with Crippen molar-refractivity contribution in [2.24, 2.45) is 0 Å². The normalized spacial score (nSPS) is 10.2. The van der Waals surface area contributed by atoms with Gasteiger partial charge in [0.2, 0.25) is 0 Å². The number of nitrogen functional groups attached to an aromatic ring is 1. The highest BCUT2D eigenvalue weighted by molar-refractivity contribution is 5.95. The van der Waals surface area contributed by atoms with E-state index in [1.165, 1.54) is 25.2 Å². The third kappa shape index (κ3) is 2.85. The van der Waals surface area contributed by atoms with Gasteiger partial charge >= 0.3 is 0 Å². The highest BCUT2D eigenvalue weighted by Gasteiger charge is 2.11. The maximum absolute atomic E-state index is 13.5.